The van der Waals surface area contributed by atoms with E-state index in [1.54, 1.807) is 0 Å². The van der Waals surface area contributed by atoms with Gasteiger partial charge in [-0.3, -0.25) is 14.4 Å². The molecule has 0 aliphatic carbocycles. The minimum atomic E-state index is -0.743. The van der Waals surface area contributed by atoms with Crippen LogP contribution in [0.3, 0.4) is 0 Å². The molecule has 1 atom stereocenters. The molecule has 0 radical (unpaired) electrons. The number of carbonyl (C=O) groups is 2. The summed E-state index contributed by atoms with van der Waals surface area (Å²) in [6, 6.07) is -0.743. The summed E-state index contributed by atoms with van der Waals surface area (Å²) in [5.74, 6) is -0.990. The van der Waals surface area contributed by atoms with E-state index >= 15 is 0 Å². The standard InChI is InChI=1S/C6H12N2O3.CNO/c1-11-6(10)4(7)2-3-5(8)9;2-1-3/h4H,2-3,7H2,1H3,(H2,8,9);/q;-1/t4-;/m0./s1. The number of nitrogens with two attached hydrogens (primary N) is 2. The van der Waals surface area contributed by atoms with E-state index in [1.165, 1.54) is 7.11 Å². The summed E-state index contributed by atoms with van der Waals surface area (Å²) < 4.78 is 4.33. The van der Waals surface area contributed by atoms with Gasteiger partial charge in [-0.15, -0.1) is 0 Å². The maximum absolute atomic E-state index is 10.6. The molecule has 7 nitrogen and oxygen atoms in total. The van der Waals surface area contributed by atoms with E-state index in [0.717, 1.165) is 0 Å². The van der Waals surface area contributed by atoms with Gasteiger partial charge in [0.15, 0.2) is 0 Å². The van der Waals surface area contributed by atoms with Crippen LogP contribution in [0, 0.1) is 0 Å². The fourth-order valence-corrected chi connectivity index (χ4v) is 0.567. The molecule has 0 unspecified atom stereocenters. The number of rotatable bonds is 4. The molecular weight excluding hydrogens is 190 g/mol. The number of ether oxygens (including phenoxy) is 1. The van der Waals surface area contributed by atoms with E-state index in [2.05, 4.69) is 4.74 Å². The molecule has 0 saturated heterocycles. The van der Waals surface area contributed by atoms with Crippen molar-refractivity contribution in [3.05, 3.63) is 5.41 Å². The van der Waals surface area contributed by atoms with Crippen molar-refractivity contribution >= 4 is 18.0 Å². The molecule has 0 heterocycles. The monoisotopic (exact) mass is 202 g/mol. The van der Waals surface area contributed by atoms with Crippen molar-refractivity contribution in [2.75, 3.05) is 7.11 Å². The zero-order chi connectivity index (χ0) is 11.6. The fourth-order valence-electron chi connectivity index (χ4n) is 0.567. The first-order valence-corrected chi connectivity index (χ1v) is 3.62. The average molecular weight is 202 g/mol. The van der Waals surface area contributed by atoms with E-state index in [9.17, 15) is 9.59 Å². The molecule has 14 heavy (non-hydrogen) atoms. The molecule has 0 aromatic carbocycles. The van der Waals surface area contributed by atoms with Gasteiger partial charge in [0.2, 0.25) is 5.91 Å². The van der Waals surface area contributed by atoms with Gasteiger partial charge in [0.05, 0.1) is 7.11 Å². The minimum Gasteiger partial charge on any atom is -0.724 e. The summed E-state index contributed by atoms with van der Waals surface area (Å²) in [4.78, 5) is 29.1. The highest BCUT2D eigenvalue weighted by Gasteiger charge is 2.13. The van der Waals surface area contributed by atoms with Crippen LogP contribution in [0.25, 0.3) is 5.41 Å². The summed E-state index contributed by atoms with van der Waals surface area (Å²) in [5, 5.41) is 6.76. The second kappa shape index (κ2) is 9.37. The number of esters is 1. The Hall–Kier alpha value is -1.72. The molecule has 0 aromatic heterocycles. The van der Waals surface area contributed by atoms with Crippen molar-refractivity contribution in [3.63, 3.8) is 0 Å². The summed E-state index contributed by atoms with van der Waals surface area (Å²) in [7, 11) is 1.24. The van der Waals surface area contributed by atoms with Crippen LogP contribution in [-0.4, -0.2) is 31.1 Å². The highest BCUT2D eigenvalue weighted by atomic mass is 16.5. The summed E-state index contributed by atoms with van der Waals surface area (Å²) in [5.41, 5.74) is 10.1. The Morgan fingerprint density at radius 2 is 2.00 bits per heavy atom. The molecule has 0 spiro atoms. The van der Waals surface area contributed by atoms with E-state index in [4.69, 9.17) is 21.7 Å². The van der Waals surface area contributed by atoms with Crippen LogP contribution in [0.4, 0.5) is 0 Å². The van der Waals surface area contributed by atoms with Gasteiger partial charge >= 0.3 is 5.97 Å². The minimum absolute atomic E-state index is 0.107. The molecule has 0 aliphatic rings. The number of amides is 1. The fraction of sp³-hybridized carbons (Fsp3) is 0.571. The van der Waals surface area contributed by atoms with Gasteiger partial charge in [0.25, 0.3) is 0 Å². The third-order valence-corrected chi connectivity index (χ3v) is 1.21. The molecule has 0 bridgehead atoms. The lowest BCUT2D eigenvalue weighted by Crippen LogP contribution is -2.32. The first kappa shape index (κ1) is 14.8. The SMILES string of the molecule is COC(=O)[C@@H](N)CCC(N)=O.[N-]=C=O. The van der Waals surface area contributed by atoms with Crippen LogP contribution < -0.4 is 11.5 Å². The van der Waals surface area contributed by atoms with Crippen LogP contribution in [0.1, 0.15) is 12.8 Å². The van der Waals surface area contributed by atoms with Gasteiger partial charge in [0, 0.05) is 6.42 Å². The summed E-state index contributed by atoms with van der Waals surface area (Å²) >= 11 is 0. The number of nitrogens with zero attached hydrogens (tertiary/aromatic N) is 1. The van der Waals surface area contributed by atoms with Gasteiger partial charge < -0.3 is 21.6 Å². The number of methoxy groups -OCH3 is 1. The third-order valence-electron chi connectivity index (χ3n) is 1.21. The van der Waals surface area contributed by atoms with Crippen LogP contribution in [0.2, 0.25) is 0 Å². The van der Waals surface area contributed by atoms with E-state index < -0.39 is 17.9 Å². The van der Waals surface area contributed by atoms with Crippen molar-refractivity contribution in [1.29, 1.82) is 0 Å². The summed E-state index contributed by atoms with van der Waals surface area (Å²) in [6.45, 7) is 0. The van der Waals surface area contributed by atoms with Crippen LogP contribution in [0.15, 0.2) is 0 Å². The van der Waals surface area contributed by atoms with Gasteiger partial charge in [-0.25, -0.2) is 0 Å². The van der Waals surface area contributed by atoms with E-state index in [0.29, 0.717) is 6.08 Å². The van der Waals surface area contributed by atoms with Gasteiger partial charge in [-0.05, 0) is 12.5 Å². The Bertz CT molecular complexity index is 223. The maximum atomic E-state index is 10.6. The molecule has 0 aromatic rings. The third kappa shape index (κ3) is 10.3. The van der Waals surface area contributed by atoms with E-state index in [-0.39, 0.29) is 12.8 Å². The molecule has 0 saturated carbocycles. The van der Waals surface area contributed by atoms with Crippen LogP contribution in [-0.2, 0) is 19.1 Å². The van der Waals surface area contributed by atoms with Crippen molar-refractivity contribution in [2.24, 2.45) is 11.5 Å². The van der Waals surface area contributed by atoms with Gasteiger partial charge in [0.1, 0.15) is 6.04 Å². The molecule has 0 aliphatic heterocycles. The number of hydrogen-bond donors (Lipinski definition) is 2. The zero-order valence-corrected chi connectivity index (χ0v) is 7.73. The Labute approximate surface area is 80.9 Å². The Balaban J connectivity index is 0. The second-order valence-corrected chi connectivity index (χ2v) is 2.23. The van der Waals surface area contributed by atoms with Crippen LogP contribution in [0.5, 0.6) is 0 Å². The lowest BCUT2D eigenvalue weighted by molar-refractivity contribution is -0.142. The molecule has 0 fully saturated rings. The molecule has 7 heteroatoms. The number of hydrogen-bond acceptors (Lipinski definition) is 5. The van der Waals surface area contributed by atoms with Crippen molar-refractivity contribution in [3.8, 4) is 0 Å². The van der Waals surface area contributed by atoms with Crippen LogP contribution >= 0.6 is 0 Å². The van der Waals surface area contributed by atoms with Gasteiger partial charge in [-0.2, -0.15) is 0 Å². The molecular formula is C7H12N3O4-. The first-order valence-electron chi connectivity index (χ1n) is 3.62. The smallest absolute Gasteiger partial charge is 0.322 e. The van der Waals surface area contributed by atoms with Crippen molar-refractivity contribution in [1.82, 2.24) is 0 Å². The lowest BCUT2D eigenvalue weighted by Gasteiger charge is -2.06. The normalized spacial score (nSPS) is 10.1. The predicted octanol–water partition coefficient (Wildman–Crippen LogP) is -1.36. The Morgan fingerprint density at radius 3 is 2.29 bits per heavy atom. The number of isocyanates is 1. The largest absolute Gasteiger partial charge is 0.724 e. The highest BCUT2D eigenvalue weighted by molar-refractivity contribution is 5.78. The average Bonchev–Trinajstić information content (AvgIpc) is 2.14. The highest BCUT2D eigenvalue weighted by Crippen LogP contribution is 1.94. The topological polar surface area (TPSA) is 135 Å². The summed E-state index contributed by atoms with van der Waals surface area (Å²) in [6.07, 6.45) is 0.846. The van der Waals surface area contributed by atoms with E-state index in [1.807, 2.05) is 0 Å². The zero-order valence-electron chi connectivity index (χ0n) is 7.73. The first-order chi connectivity index (χ1) is 6.49. The predicted molar refractivity (Wildman–Crippen MR) is 47.5 cm³/mol. The lowest BCUT2D eigenvalue weighted by atomic mass is 10.2. The second-order valence-electron chi connectivity index (χ2n) is 2.23. The number of primary amides is 1. The molecule has 0 rings (SSSR count). The molecule has 80 valence electrons. The maximum Gasteiger partial charge on any atom is 0.322 e. The molecule has 4 N–H and O–H groups in total. The Morgan fingerprint density at radius 1 is 1.57 bits per heavy atom. The van der Waals surface area contributed by atoms with Crippen molar-refractivity contribution in [2.45, 2.75) is 18.9 Å². The molecule has 1 amide bonds. The van der Waals surface area contributed by atoms with Gasteiger partial charge in [-0.1, -0.05) is 0 Å². The number of carbonyl (C=O) groups excluding carboxylic acids is 3. The Kier molecular flexibility index (Phi) is 9.89. The quantitative estimate of drug-likeness (QED) is 0.330. The van der Waals surface area contributed by atoms with Crippen molar-refractivity contribution < 1.29 is 19.1 Å².